The van der Waals surface area contributed by atoms with E-state index >= 15 is 0 Å². The van der Waals surface area contributed by atoms with Crippen molar-refractivity contribution in [1.82, 2.24) is 4.98 Å². The van der Waals surface area contributed by atoms with Gasteiger partial charge in [-0.3, -0.25) is 9.78 Å². The first-order valence-corrected chi connectivity index (χ1v) is 11.8. The van der Waals surface area contributed by atoms with Crippen LogP contribution < -0.4 is 4.74 Å². The Hall–Kier alpha value is -1.38. The zero-order valence-corrected chi connectivity index (χ0v) is 18.3. The van der Waals surface area contributed by atoms with Gasteiger partial charge in [0.1, 0.15) is 5.75 Å². The number of unbranched alkanes of at least 4 members (excludes halogenated alkanes) is 9. The van der Waals surface area contributed by atoms with E-state index in [0.29, 0.717) is 5.75 Å². The Balaban J connectivity index is 1.48. The van der Waals surface area contributed by atoms with Crippen LogP contribution in [0.3, 0.4) is 0 Å². The summed E-state index contributed by atoms with van der Waals surface area (Å²) in [6, 6.07) is 3.71. The van der Waals surface area contributed by atoms with Crippen molar-refractivity contribution in [3.63, 3.8) is 0 Å². The van der Waals surface area contributed by atoms with Crippen LogP contribution in [0.4, 0.5) is 0 Å². The van der Waals surface area contributed by atoms with Crippen LogP contribution in [0.1, 0.15) is 109 Å². The minimum atomic E-state index is -0.0666. The normalized spacial score (nSPS) is 19.5. The standard InChI is InChI=1S/C25H41NO2/c1-3-4-5-6-7-8-9-10-11-12-13-22-15-17-23(18-16-22)25(27)28-24-19-14-21(2)26-20-24/h14,19-20,22-23H,3-13,15-18H2,1-2H3/t22-,23-. The summed E-state index contributed by atoms with van der Waals surface area (Å²) < 4.78 is 5.51. The van der Waals surface area contributed by atoms with Gasteiger partial charge in [-0.2, -0.15) is 0 Å². The molecule has 3 nitrogen and oxygen atoms in total. The number of esters is 1. The fourth-order valence-electron chi connectivity index (χ4n) is 4.32. The first-order valence-electron chi connectivity index (χ1n) is 11.8. The fourth-order valence-corrected chi connectivity index (χ4v) is 4.32. The SMILES string of the molecule is CCCCCCCCCCCC[C@H]1CC[C@H](C(=O)Oc2ccc(C)nc2)CC1. The molecule has 1 saturated carbocycles. The molecule has 0 amide bonds. The maximum absolute atomic E-state index is 12.4. The molecule has 0 bridgehead atoms. The third-order valence-electron chi connectivity index (χ3n) is 6.25. The lowest BCUT2D eigenvalue weighted by Crippen LogP contribution is -2.25. The number of carbonyl (C=O) groups excluding carboxylic acids is 1. The average molecular weight is 388 g/mol. The van der Waals surface area contributed by atoms with Crippen molar-refractivity contribution in [2.75, 3.05) is 0 Å². The summed E-state index contributed by atoms with van der Waals surface area (Å²) in [4.78, 5) is 16.5. The number of carbonyl (C=O) groups is 1. The number of pyridine rings is 1. The van der Waals surface area contributed by atoms with Crippen molar-refractivity contribution in [1.29, 1.82) is 0 Å². The summed E-state index contributed by atoms with van der Waals surface area (Å²) in [6.07, 6.45) is 21.4. The van der Waals surface area contributed by atoms with Crippen molar-refractivity contribution in [2.45, 2.75) is 110 Å². The number of ether oxygens (including phenoxy) is 1. The predicted octanol–water partition coefficient (Wildman–Crippen LogP) is 7.41. The Kier molecular flexibility index (Phi) is 11.2. The molecule has 0 spiro atoms. The van der Waals surface area contributed by atoms with Gasteiger partial charge in [0.2, 0.25) is 0 Å². The molecule has 1 aromatic rings. The van der Waals surface area contributed by atoms with Gasteiger partial charge in [-0.1, -0.05) is 77.6 Å². The van der Waals surface area contributed by atoms with Gasteiger partial charge in [-0.05, 0) is 50.7 Å². The van der Waals surface area contributed by atoms with E-state index in [0.717, 1.165) is 24.5 Å². The minimum absolute atomic E-state index is 0.0666. The van der Waals surface area contributed by atoms with Gasteiger partial charge in [0, 0.05) is 5.69 Å². The smallest absolute Gasteiger partial charge is 0.314 e. The molecule has 1 fully saturated rings. The number of rotatable bonds is 13. The van der Waals surface area contributed by atoms with Gasteiger partial charge < -0.3 is 4.74 Å². The molecule has 0 radical (unpaired) electrons. The third-order valence-corrected chi connectivity index (χ3v) is 6.25. The summed E-state index contributed by atoms with van der Waals surface area (Å²) in [5, 5.41) is 0. The van der Waals surface area contributed by atoms with Crippen LogP contribution in [-0.4, -0.2) is 11.0 Å². The molecule has 0 N–H and O–H groups in total. The lowest BCUT2D eigenvalue weighted by Gasteiger charge is -2.27. The van der Waals surface area contributed by atoms with Gasteiger partial charge in [-0.25, -0.2) is 0 Å². The molecule has 0 aliphatic heterocycles. The van der Waals surface area contributed by atoms with E-state index < -0.39 is 0 Å². The summed E-state index contributed by atoms with van der Waals surface area (Å²) in [7, 11) is 0. The van der Waals surface area contributed by atoms with Crippen molar-refractivity contribution in [3.8, 4) is 5.75 Å². The molecule has 1 aromatic heterocycles. The molecule has 1 aliphatic carbocycles. The van der Waals surface area contributed by atoms with E-state index in [1.165, 1.54) is 83.5 Å². The number of hydrogen-bond donors (Lipinski definition) is 0. The van der Waals surface area contributed by atoms with Crippen LogP contribution in [0.25, 0.3) is 0 Å². The highest BCUT2D eigenvalue weighted by atomic mass is 16.5. The maximum atomic E-state index is 12.4. The molecular weight excluding hydrogens is 346 g/mol. The van der Waals surface area contributed by atoms with E-state index in [9.17, 15) is 4.79 Å². The summed E-state index contributed by atoms with van der Waals surface area (Å²) >= 11 is 0. The van der Waals surface area contributed by atoms with Crippen LogP contribution in [0.2, 0.25) is 0 Å². The third kappa shape index (κ3) is 9.21. The van der Waals surface area contributed by atoms with Crippen LogP contribution >= 0.6 is 0 Å². The Bertz CT molecular complexity index is 532. The first-order chi connectivity index (χ1) is 13.7. The van der Waals surface area contributed by atoms with Gasteiger partial charge >= 0.3 is 5.97 Å². The molecule has 2 rings (SSSR count). The van der Waals surface area contributed by atoms with Gasteiger partial charge in [0.15, 0.2) is 0 Å². The predicted molar refractivity (Wildman–Crippen MR) is 117 cm³/mol. The maximum Gasteiger partial charge on any atom is 0.314 e. The molecule has 0 aromatic carbocycles. The van der Waals surface area contributed by atoms with Crippen LogP contribution in [0.5, 0.6) is 5.75 Å². The van der Waals surface area contributed by atoms with Crippen molar-refractivity contribution in [2.24, 2.45) is 11.8 Å². The second kappa shape index (κ2) is 13.7. The summed E-state index contributed by atoms with van der Waals surface area (Å²) in [5.41, 5.74) is 0.937. The summed E-state index contributed by atoms with van der Waals surface area (Å²) in [5.74, 6) is 1.40. The Labute approximate surface area is 172 Å². The van der Waals surface area contributed by atoms with Gasteiger partial charge in [0.25, 0.3) is 0 Å². The molecule has 0 unspecified atom stereocenters. The molecule has 28 heavy (non-hydrogen) atoms. The topological polar surface area (TPSA) is 39.2 Å². The average Bonchev–Trinajstić information content (AvgIpc) is 2.71. The molecule has 3 heteroatoms. The molecule has 0 saturated heterocycles. The monoisotopic (exact) mass is 387 g/mol. The lowest BCUT2D eigenvalue weighted by molar-refractivity contribution is -0.140. The zero-order valence-electron chi connectivity index (χ0n) is 18.3. The molecule has 1 heterocycles. The van der Waals surface area contributed by atoms with Crippen LogP contribution in [0, 0.1) is 18.8 Å². The largest absolute Gasteiger partial charge is 0.425 e. The van der Waals surface area contributed by atoms with Gasteiger partial charge in [0.05, 0.1) is 12.1 Å². The molecule has 0 atom stereocenters. The quantitative estimate of drug-likeness (QED) is 0.261. The van der Waals surface area contributed by atoms with E-state index in [2.05, 4.69) is 11.9 Å². The van der Waals surface area contributed by atoms with Crippen molar-refractivity contribution in [3.05, 3.63) is 24.0 Å². The number of aryl methyl sites for hydroxylation is 1. The second-order valence-corrected chi connectivity index (χ2v) is 8.74. The van der Waals surface area contributed by atoms with Crippen LogP contribution in [0.15, 0.2) is 18.3 Å². The highest BCUT2D eigenvalue weighted by Gasteiger charge is 2.27. The Morgan fingerprint density at radius 3 is 2.11 bits per heavy atom. The summed E-state index contributed by atoms with van der Waals surface area (Å²) in [6.45, 7) is 4.21. The Morgan fingerprint density at radius 2 is 1.54 bits per heavy atom. The van der Waals surface area contributed by atoms with Gasteiger partial charge in [-0.15, -0.1) is 0 Å². The van der Waals surface area contributed by atoms with E-state index in [1.807, 2.05) is 19.1 Å². The minimum Gasteiger partial charge on any atom is -0.425 e. The molecule has 1 aliphatic rings. The fraction of sp³-hybridized carbons (Fsp3) is 0.760. The van der Waals surface area contributed by atoms with Crippen LogP contribution in [-0.2, 0) is 4.79 Å². The van der Waals surface area contributed by atoms with Crippen molar-refractivity contribution >= 4 is 5.97 Å². The highest BCUT2D eigenvalue weighted by Crippen LogP contribution is 2.33. The van der Waals surface area contributed by atoms with E-state index in [4.69, 9.17) is 4.74 Å². The van der Waals surface area contributed by atoms with E-state index in [1.54, 1.807) is 6.20 Å². The lowest BCUT2D eigenvalue weighted by atomic mass is 9.80. The highest BCUT2D eigenvalue weighted by molar-refractivity contribution is 5.75. The number of aromatic nitrogens is 1. The second-order valence-electron chi connectivity index (χ2n) is 8.74. The first kappa shape index (κ1) is 22.9. The molecule has 158 valence electrons. The number of hydrogen-bond acceptors (Lipinski definition) is 3. The zero-order chi connectivity index (χ0) is 20.0. The Morgan fingerprint density at radius 1 is 0.929 bits per heavy atom. The number of nitrogens with zero attached hydrogens (tertiary/aromatic N) is 1. The van der Waals surface area contributed by atoms with Crippen molar-refractivity contribution < 1.29 is 9.53 Å². The molecular formula is C25H41NO2. The van der Waals surface area contributed by atoms with E-state index in [-0.39, 0.29) is 11.9 Å².